The van der Waals surface area contributed by atoms with Crippen molar-refractivity contribution < 1.29 is 4.79 Å². The van der Waals surface area contributed by atoms with E-state index in [1.54, 1.807) is 12.1 Å². The van der Waals surface area contributed by atoms with E-state index in [1.165, 1.54) is 0 Å². The molecule has 0 atom stereocenters. The van der Waals surface area contributed by atoms with Crippen molar-refractivity contribution in [1.29, 1.82) is 5.26 Å². The molecule has 1 aromatic carbocycles. The Kier molecular flexibility index (Phi) is 3.64. The van der Waals surface area contributed by atoms with Crippen LogP contribution in [-0.4, -0.2) is 5.78 Å². The van der Waals surface area contributed by atoms with Gasteiger partial charge in [-0.05, 0) is 30.0 Å². The number of anilines is 1. The number of allylic oxidation sites excluding steroid dienone is 2. The molecular formula is C15H15ClN2O. The first-order valence-electron chi connectivity index (χ1n) is 6.10. The number of halogens is 1. The quantitative estimate of drug-likeness (QED) is 0.889. The Morgan fingerprint density at radius 3 is 2.74 bits per heavy atom. The third-order valence-corrected chi connectivity index (χ3v) is 3.34. The van der Waals surface area contributed by atoms with Gasteiger partial charge < -0.3 is 5.32 Å². The van der Waals surface area contributed by atoms with E-state index in [9.17, 15) is 4.79 Å². The lowest BCUT2D eigenvalue weighted by Crippen LogP contribution is -2.27. The molecule has 0 heterocycles. The molecule has 0 saturated carbocycles. The van der Waals surface area contributed by atoms with E-state index in [0.29, 0.717) is 23.6 Å². The van der Waals surface area contributed by atoms with Gasteiger partial charge in [-0.2, -0.15) is 5.26 Å². The minimum Gasteiger partial charge on any atom is -0.358 e. The van der Waals surface area contributed by atoms with Crippen LogP contribution in [-0.2, 0) is 4.79 Å². The van der Waals surface area contributed by atoms with Gasteiger partial charge in [0.2, 0.25) is 0 Å². The first-order valence-corrected chi connectivity index (χ1v) is 6.48. The number of ketones is 1. The minimum absolute atomic E-state index is 0.0942. The second-order valence-electron chi connectivity index (χ2n) is 5.54. The summed E-state index contributed by atoms with van der Waals surface area (Å²) in [7, 11) is 0. The molecule has 3 nitrogen and oxygen atoms in total. The molecule has 0 spiro atoms. The topological polar surface area (TPSA) is 52.9 Å². The van der Waals surface area contributed by atoms with Gasteiger partial charge in [-0.1, -0.05) is 31.5 Å². The SMILES string of the molecule is CC1(C)CC(=O)C(C#N)=C(Nc2cccc(Cl)c2)C1. The van der Waals surface area contributed by atoms with Gasteiger partial charge >= 0.3 is 0 Å². The molecule has 0 amide bonds. The smallest absolute Gasteiger partial charge is 0.175 e. The fraction of sp³-hybridized carbons (Fsp3) is 0.333. The zero-order valence-electron chi connectivity index (χ0n) is 11.0. The molecule has 2 rings (SSSR count). The zero-order chi connectivity index (χ0) is 14.0. The minimum atomic E-state index is -0.127. The van der Waals surface area contributed by atoms with Crippen molar-refractivity contribution in [2.45, 2.75) is 26.7 Å². The van der Waals surface area contributed by atoms with Gasteiger partial charge in [0.05, 0.1) is 0 Å². The number of nitrogens with one attached hydrogen (secondary N) is 1. The molecule has 1 aliphatic carbocycles. The van der Waals surface area contributed by atoms with E-state index in [1.807, 2.05) is 32.0 Å². The van der Waals surface area contributed by atoms with Gasteiger partial charge in [0.25, 0.3) is 0 Å². The van der Waals surface area contributed by atoms with Crippen molar-refractivity contribution in [3.05, 3.63) is 40.6 Å². The average molecular weight is 275 g/mol. The number of hydrogen-bond donors (Lipinski definition) is 1. The number of carbonyl (C=O) groups is 1. The number of nitriles is 1. The number of Topliss-reactive ketones (excluding diaryl/α,β-unsaturated/α-hetero) is 1. The third kappa shape index (κ3) is 3.15. The maximum atomic E-state index is 12.0. The second kappa shape index (κ2) is 5.07. The van der Waals surface area contributed by atoms with E-state index in [0.717, 1.165) is 5.69 Å². The highest BCUT2D eigenvalue weighted by atomic mass is 35.5. The monoisotopic (exact) mass is 274 g/mol. The highest BCUT2D eigenvalue weighted by molar-refractivity contribution is 6.30. The molecule has 0 bridgehead atoms. The molecule has 1 N–H and O–H groups in total. The molecule has 0 unspecified atom stereocenters. The Morgan fingerprint density at radius 1 is 1.37 bits per heavy atom. The summed E-state index contributed by atoms with van der Waals surface area (Å²) in [6.07, 6.45) is 1.09. The summed E-state index contributed by atoms with van der Waals surface area (Å²) in [5.74, 6) is -0.0942. The van der Waals surface area contributed by atoms with Crippen LogP contribution in [0, 0.1) is 16.7 Å². The lowest BCUT2D eigenvalue weighted by Gasteiger charge is -2.30. The van der Waals surface area contributed by atoms with Gasteiger partial charge in [0, 0.05) is 22.8 Å². The summed E-state index contributed by atoms with van der Waals surface area (Å²) < 4.78 is 0. The maximum absolute atomic E-state index is 12.0. The number of rotatable bonds is 2. The van der Waals surface area contributed by atoms with Crippen LogP contribution in [0.3, 0.4) is 0 Å². The van der Waals surface area contributed by atoms with E-state index in [2.05, 4.69) is 5.32 Å². The molecule has 4 heteroatoms. The Hall–Kier alpha value is -1.79. The molecular weight excluding hydrogens is 260 g/mol. The Labute approximate surface area is 117 Å². The average Bonchev–Trinajstić information content (AvgIpc) is 2.27. The number of carbonyl (C=O) groups excluding carboxylic acids is 1. The fourth-order valence-corrected chi connectivity index (χ4v) is 2.49. The largest absolute Gasteiger partial charge is 0.358 e. The fourth-order valence-electron chi connectivity index (χ4n) is 2.30. The molecule has 0 saturated heterocycles. The molecule has 0 aromatic heterocycles. The van der Waals surface area contributed by atoms with E-state index in [-0.39, 0.29) is 16.8 Å². The van der Waals surface area contributed by atoms with Crippen molar-refractivity contribution in [3.63, 3.8) is 0 Å². The highest BCUT2D eigenvalue weighted by Crippen LogP contribution is 2.37. The molecule has 19 heavy (non-hydrogen) atoms. The van der Waals surface area contributed by atoms with Gasteiger partial charge in [-0.25, -0.2) is 0 Å². The van der Waals surface area contributed by atoms with Crippen LogP contribution < -0.4 is 5.32 Å². The van der Waals surface area contributed by atoms with Gasteiger partial charge in [-0.3, -0.25) is 4.79 Å². The van der Waals surface area contributed by atoms with Crippen molar-refractivity contribution in [2.24, 2.45) is 5.41 Å². The summed E-state index contributed by atoms with van der Waals surface area (Å²) in [6.45, 7) is 4.05. The van der Waals surface area contributed by atoms with Gasteiger partial charge in [0.15, 0.2) is 5.78 Å². The highest BCUT2D eigenvalue weighted by Gasteiger charge is 2.33. The first kappa shape index (κ1) is 13.6. The summed E-state index contributed by atoms with van der Waals surface area (Å²) in [5, 5.41) is 12.9. The lowest BCUT2D eigenvalue weighted by atomic mass is 9.76. The van der Waals surface area contributed by atoms with Crippen molar-refractivity contribution >= 4 is 23.1 Å². The molecule has 1 aliphatic rings. The first-order chi connectivity index (χ1) is 8.91. The van der Waals surface area contributed by atoms with E-state index >= 15 is 0 Å². The Balaban J connectivity index is 2.35. The predicted octanol–water partition coefficient (Wildman–Crippen LogP) is 3.92. The Morgan fingerprint density at radius 2 is 2.11 bits per heavy atom. The van der Waals surface area contributed by atoms with Crippen molar-refractivity contribution in [3.8, 4) is 6.07 Å². The number of nitrogens with zero attached hydrogens (tertiary/aromatic N) is 1. The van der Waals surface area contributed by atoms with Crippen LogP contribution in [0.5, 0.6) is 0 Å². The normalized spacial score (nSPS) is 18.1. The molecule has 1 aromatic rings. The molecule has 0 fully saturated rings. The summed E-state index contributed by atoms with van der Waals surface area (Å²) >= 11 is 5.93. The predicted molar refractivity (Wildman–Crippen MR) is 75.7 cm³/mol. The van der Waals surface area contributed by atoms with Crippen molar-refractivity contribution in [2.75, 3.05) is 5.32 Å². The van der Waals surface area contributed by atoms with Crippen LogP contribution in [0.1, 0.15) is 26.7 Å². The van der Waals surface area contributed by atoms with Crippen LogP contribution >= 0.6 is 11.6 Å². The molecule has 0 aliphatic heterocycles. The van der Waals surface area contributed by atoms with Crippen molar-refractivity contribution in [1.82, 2.24) is 0 Å². The number of hydrogen-bond acceptors (Lipinski definition) is 3. The second-order valence-corrected chi connectivity index (χ2v) is 5.98. The van der Waals surface area contributed by atoms with Gasteiger partial charge in [0.1, 0.15) is 11.6 Å². The van der Waals surface area contributed by atoms with Crippen LogP contribution in [0.25, 0.3) is 0 Å². The van der Waals surface area contributed by atoms with Crippen LogP contribution in [0.2, 0.25) is 5.02 Å². The standard InChI is InChI=1S/C15H15ClN2O/c1-15(2)7-13(12(9-17)14(19)8-15)18-11-5-3-4-10(16)6-11/h3-6,18H,7-8H2,1-2H3. The maximum Gasteiger partial charge on any atom is 0.175 e. The van der Waals surface area contributed by atoms with E-state index < -0.39 is 0 Å². The lowest BCUT2D eigenvalue weighted by molar-refractivity contribution is -0.117. The Bertz CT molecular complexity index is 596. The van der Waals surface area contributed by atoms with Gasteiger partial charge in [-0.15, -0.1) is 0 Å². The van der Waals surface area contributed by atoms with E-state index in [4.69, 9.17) is 16.9 Å². The summed E-state index contributed by atoms with van der Waals surface area (Å²) in [6, 6.07) is 9.25. The summed E-state index contributed by atoms with van der Waals surface area (Å²) in [4.78, 5) is 12.0. The van der Waals surface area contributed by atoms with Crippen LogP contribution in [0.15, 0.2) is 35.5 Å². The molecule has 0 radical (unpaired) electrons. The summed E-state index contributed by atoms with van der Waals surface area (Å²) in [5.41, 5.74) is 1.59. The zero-order valence-corrected chi connectivity index (χ0v) is 11.7. The van der Waals surface area contributed by atoms with Crippen LogP contribution in [0.4, 0.5) is 5.69 Å². The molecule has 98 valence electrons. The third-order valence-electron chi connectivity index (χ3n) is 3.11. The number of benzene rings is 1.